The molecule has 7 heteroatoms. The Morgan fingerprint density at radius 2 is 2.11 bits per heavy atom. The number of hydrogen-bond acceptors (Lipinski definition) is 3. The van der Waals surface area contributed by atoms with Crippen molar-refractivity contribution >= 4 is 17.3 Å². The van der Waals surface area contributed by atoms with Gasteiger partial charge in [-0.3, -0.25) is 4.79 Å². The van der Waals surface area contributed by atoms with Crippen molar-refractivity contribution in [3.63, 3.8) is 0 Å². The molecular formula is C11H8ClF2N3O. The van der Waals surface area contributed by atoms with Crippen LogP contribution in [-0.4, -0.2) is 10.2 Å². The van der Waals surface area contributed by atoms with E-state index < -0.39 is 17.2 Å². The van der Waals surface area contributed by atoms with Crippen LogP contribution in [0.1, 0.15) is 5.56 Å². The molecule has 0 fully saturated rings. The normalized spacial score (nSPS) is 10.4. The number of hydrogen-bond donors (Lipinski definition) is 2. The van der Waals surface area contributed by atoms with Crippen molar-refractivity contribution in [3.05, 3.63) is 57.0 Å². The van der Waals surface area contributed by atoms with Gasteiger partial charge in [-0.2, -0.15) is 5.10 Å². The quantitative estimate of drug-likeness (QED) is 0.901. The number of aromatic nitrogens is 2. The minimum atomic E-state index is -0.926. The molecule has 18 heavy (non-hydrogen) atoms. The average molecular weight is 272 g/mol. The summed E-state index contributed by atoms with van der Waals surface area (Å²) in [4.78, 5) is 11.2. The number of anilines is 1. The second kappa shape index (κ2) is 5.14. The number of benzene rings is 1. The Hall–Kier alpha value is -1.95. The second-order valence-electron chi connectivity index (χ2n) is 3.53. The smallest absolute Gasteiger partial charge is 0.285 e. The average Bonchev–Trinajstić information content (AvgIpc) is 2.35. The number of rotatable bonds is 3. The van der Waals surface area contributed by atoms with E-state index in [4.69, 9.17) is 11.6 Å². The van der Waals surface area contributed by atoms with Crippen LogP contribution in [0.5, 0.6) is 0 Å². The van der Waals surface area contributed by atoms with Crippen LogP contribution in [-0.2, 0) is 6.54 Å². The Kier molecular flexibility index (Phi) is 3.57. The van der Waals surface area contributed by atoms with Gasteiger partial charge in [0.05, 0.1) is 11.9 Å². The Bertz CT molecular complexity index is 630. The van der Waals surface area contributed by atoms with Gasteiger partial charge >= 0.3 is 0 Å². The first-order chi connectivity index (χ1) is 8.58. The zero-order valence-electron chi connectivity index (χ0n) is 9.01. The first-order valence-electron chi connectivity index (χ1n) is 4.99. The standard InChI is InChI=1S/C11H8ClF2N3O/c12-10-9(5-16-17-11(10)18)15-4-6-1-2-7(13)8(14)3-6/h1-3,5H,4H2,(H2,15,17,18). The molecule has 2 rings (SSSR count). The second-order valence-corrected chi connectivity index (χ2v) is 3.91. The van der Waals surface area contributed by atoms with E-state index in [1.54, 1.807) is 0 Å². The first kappa shape index (κ1) is 12.5. The zero-order valence-corrected chi connectivity index (χ0v) is 9.76. The van der Waals surface area contributed by atoms with E-state index in [2.05, 4.69) is 15.5 Å². The fourth-order valence-electron chi connectivity index (χ4n) is 1.35. The summed E-state index contributed by atoms with van der Waals surface area (Å²) in [6, 6.07) is 3.53. The maximum atomic E-state index is 13.0. The van der Waals surface area contributed by atoms with Crippen LogP contribution in [0.25, 0.3) is 0 Å². The number of nitrogens with zero attached hydrogens (tertiary/aromatic N) is 1. The van der Waals surface area contributed by atoms with Gasteiger partial charge < -0.3 is 5.32 Å². The Morgan fingerprint density at radius 1 is 1.33 bits per heavy atom. The van der Waals surface area contributed by atoms with Crippen molar-refractivity contribution in [2.45, 2.75) is 6.54 Å². The Balaban J connectivity index is 2.14. The minimum absolute atomic E-state index is 0.0346. The van der Waals surface area contributed by atoms with Crippen molar-refractivity contribution < 1.29 is 8.78 Å². The predicted molar refractivity (Wildman–Crippen MR) is 63.6 cm³/mol. The number of aromatic amines is 1. The Morgan fingerprint density at radius 3 is 2.83 bits per heavy atom. The maximum Gasteiger partial charge on any atom is 0.285 e. The molecule has 2 N–H and O–H groups in total. The van der Waals surface area contributed by atoms with E-state index in [0.717, 1.165) is 12.1 Å². The van der Waals surface area contributed by atoms with Crippen LogP contribution in [0.3, 0.4) is 0 Å². The zero-order chi connectivity index (χ0) is 13.1. The van der Waals surface area contributed by atoms with Crippen LogP contribution in [0.2, 0.25) is 5.02 Å². The lowest BCUT2D eigenvalue weighted by atomic mass is 10.2. The molecule has 0 aliphatic rings. The molecule has 4 nitrogen and oxygen atoms in total. The number of H-pyrrole nitrogens is 1. The largest absolute Gasteiger partial charge is 0.378 e. The number of halogens is 3. The third-order valence-corrected chi connectivity index (χ3v) is 2.64. The molecule has 1 aromatic carbocycles. The molecule has 0 aliphatic heterocycles. The summed E-state index contributed by atoms with van der Waals surface area (Å²) in [6.07, 6.45) is 1.34. The van der Waals surface area contributed by atoms with Gasteiger partial charge in [0.15, 0.2) is 11.6 Å². The van der Waals surface area contributed by atoms with E-state index in [1.165, 1.54) is 12.3 Å². The summed E-state index contributed by atoms with van der Waals surface area (Å²) in [7, 11) is 0. The Labute approximate surface area is 106 Å². The molecule has 0 spiro atoms. The van der Waals surface area contributed by atoms with Crippen LogP contribution in [0, 0.1) is 11.6 Å². The summed E-state index contributed by atoms with van der Waals surface area (Å²) < 4.78 is 25.7. The SMILES string of the molecule is O=c1[nH]ncc(NCc2ccc(F)c(F)c2)c1Cl. The summed E-state index contributed by atoms with van der Waals surface area (Å²) in [5.41, 5.74) is 0.322. The molecule has 0 bridgehead atoms. The summed E-state index contributed by atoms with van der Waals surface area (Å²) in [6.45, 7) is 0.196. The van der Waals surface area contributed by atoms with Crippen molar-refractivity contribution in [3.8, 4) is 0 Å². The summed E-state index contributed by atoms with van der Waals surface area (Å²) >= 11 is 5.74. The lowest BCUT2D eigenvalue weighted by molar-refractivity contribution is 0.507. The maximum absolute atomic E-state index is 13.0. The molecule has 0 saturated heterocycles. The highest BCUT2D eigenvalue weighted by Crippen LogP contribution is 2.16. The molecular weight excluding hydrogens is 264 g/mol. The van der Waals surface area contributed by atoms with Gasteiger partial charge in [0.2, 0.25) is 0 Å². The van der Waals surface area contributed by atoms with Crippen LogP contribution < -0.4 is 10.9 Å². The van der Waals surface area contributed by atoms with Gasteiger partial charge in [-0.25, -0.2) is 13.9 Å². The van der Waals surface area contributed by atoms with Gasteiger partial charge in [-0.1, -0.05) is 17.7 Å². The van der Waals surface area contributed by atoms with E-state index in [0.29, 0.717) is 11.3 Å². The molecule has 0 saturated carbocycles. The molecule has 1 aromatic heterocycles. The summed E-state index contributed by atoms with van der Waals surface area (Å²) in [5.74, 6) is -1.83. The molecule has 0 amide bonds. The third-order valence-electron chi connectivity index (χ3n) is 2.26. The number of nitrogens with one attached hydrogen (secondary N) is 2. The molecule has 0 radical (unpaired) electrons. The van der Waals surface area contributed by atoms with E-state index in [1.807, 2.05) is 0 Å². The van der Waals surface area contributed by atoms with Crippen LogP contribution in [0.15, 0.2) is 29.2 Å². The van der Waals surface area contributed by atoms with Crippen molar-refractivity contribution in [2.75, 3.05) is 5.32 Å². The van der Waals surface area contributed by atoms with Crippen molar-refractivity contribution in [2.24, 2.45) is 0 Å². The first-order valence-corrected chi connectivity index (χ1v) is 5.36. The molecule has 0 atom stereocenters. The highest BCUT2D eigenvalue weighted by Gasteiger charge is 2.06. The van der Waals surface area contributed by atoms with E-state index in [-0.39, 0.29) is 11.6 Å². The van der Waals surface area contributed by atoms with Gasteiger partial charge in [0, 0.05) is 6.54 Å². The van der Waals surface area contributed by atoms with E-state index >= 15 is 0 Å². The fraction of sp³-hybridized carbons (Fsp3) is 0.0909. The highest BCUT2D eigenvalue weighted by molar-refractivity contribution is 6.32. The lowest BCUT2D eigenvalue weighted by Crippen LogP contribution is -2.11. The molecule has 2 aromatic rings. The molecule has 0 unspecified atom stereocenters. The van der Waals surface area contributed by atoms with Gasteiger partial charge in [-0.05, 0) is 17.7 Å². The molecule has 0 aliphatic carbocycles. The van der Waals surface area contributed by atoms with Gasteiger partial charge in [0.25, 0.3) is 5.56 Å². The van der Waals surface area contributed by atoms with Crippen molar-refractivity contribution in [1.29, 1.82) is 0 Å². The molecule has 94 valence electrons. The van der Waals surface area contributed by atoms with E-state index in [9.17, 15) is 13.6 Å². The lowest BCUT2D eigenvalue weighted by Gasteiger charge is -2.07. The highest BCUT2D eigenvalue weighted by atomic mass is 35.5. The van der Waals surface area contributed by atoms with Gasteiger partial charge in [-0.15, -0.1) is 0 Å². The summed E-state index contributed by atoms with van der Waals surface area (Å²) in [5, 5.41) is 8.52. The van der Waals surface area contributed by atoms with Crippen molar-refractivity contribution in [1.82, 2.24) is 10.2 Å². The minimum Gasteiger partial charge on any atom is -0.378 e. The molecule has 1 heterocycles. The fourth-order valence-corrected chi connectivity index (χ4v) is 1.51. The van der Waals surface area contributed by atoms with Crippen LogP contribution >= 0.6 is 11.6 Å². The van der Waals surface area contributed by atoms with Crippen LogP contribution in [0.4, 0.5) is 14.5 Å². The monoisotopic (exact) mass is 271 g/mol. The third kappa shape index (κ3) is 2.65. The van der Waals surface area contributed by atoms with Gasteiger partial charge in [0.1, 0.15) is 5.02 Å². The topological polar surface area (TPSA) is 57.8 Å². The predicted octanol–water partition coefficient (Wildman–Crippen LogP) is 2.31.